The highest BCUT2D eigenvalue weighted by molar-refractivity contribution is 7.22. The van der Waals surface area contributed by atoms with Crippen LogP contribution >= 0.6 is 22.9 Å². The van der Waals surface area contributed by atoms with Crippen LogP contribution in [0, 0.1) is 5.92 Å². The summed E-state index contributed by atoms with van der Waals surface area (Å²) >= 11 is 7.66. The van der Waals surface area contributed by atoms with Crippen LogP contribution in [0.3, 0.4) is 0 Å². The summed E-state index contributed by atoms with van der Waals surface area (Å²) in [5.74, 6) is 0.562. The van der Waals surface area contributed by atoms with Gasteiger partial charge in [-0.15, -0.1) is 16.4 Å². The number of carbonyl (C=O) groups is 1. The molecular formula is C22H24ClN3OS. The van der Waals surface area contributed by atoms with Gasteiger partial charge in [0.05, 0.1) is 10.4 Å². The van der Waals surface area contributed by atoms with Gasteiger partial charge in [0.2, 0.25) is 0 Å². The standard InChI is InChI=1S/C22H24ClN3OS/c1-26(2)22(27)20-21-17(13-19(28-21)15-8-10-16(23)11-9-15)18(24-25-20)12-14-6-4-3-5-7-14/h8-11,13-14H,3-7,12H2,1-2H3. The summed E-state index contributed by atoms with van der Waals surface area (Å²) in [6.07, 6.45) is 7.41. The number of hydrogen-bond donors (Lipinski definition) is 0. The minimum Gasteiger partial charge on any atom is -0.343 e. The summed E-state index contributed by atoms with van der Waals surface area (Å²) in [6.45, 7) is 0. The molecule has 1 aliphatic rings. The summed E-state index contributed by atoms with van der Waals surface area (Å²) < 4.78 is 0.935. The molecule has 0 unspecified atom stereocenters. The van der Waals surface area contributed by atoms with Gasteiger partial charge >= 0.3 is 0 Å². The Kier molecular flexibility index (Phi) is 5.65. The van der Waals surface area contributed by atoms with Crippen LogP contribution in [0.5, 0.6) is 0 Å². The quantitative estimate of drug-likeness (QED) is 0.540. The Morgan fingerprint density at radius 3 is 2.54 bits per heavy atom. The molecule has 146 valence electrons. The van der Waals surface area contributed by atoms with Gasteiger partial charge in [0.1, 0.15) is 0 Å². The highest BCUT2D eigenvalue weighted by atomic mass is 35.5. The second kappa shape index (κ2) is 8.18. The molecule has 2 heterocycles. The van der Waals surface area contributed by atoms with Gasteiger partial charge in [0.15, 0.2) is 5.69 Å². The monoisotopic (exact) mass is 413 g/mol. The summed E-state index contributed by atoms with van der Waals surface area (Å²) in [5.41, 5.74) is 2.56. The third-order valence-electron chi connectivity index (χ3n) is 5.47. The van der Waals surface area contributed by atoms with Crippen LogP contribution in [-0.4, -0.2) is 35.1 Å². The molecule has 1 fully saturated rings. The van der Waals surface area contributed by atoms with Crippen LogP contribution < -0.4 is 0 Å². The number of carbonyl (C=O) groups excluding carboxylic acids is 1. The molecule has 28 heavy (non-hydrogen) atoms. The lowest BCUT2D eigenvalue weighted by molar-refractivity contribution is 0.0823. The van der Waals surface area contributed by atoms with Crippen molar-refractivity contribution in [3.05, 3.63) is 46.7 Å². The zero-order chi connectivity index (χ0) is 19.7. The summed E-state index contributed by atoms with van der Waals surface area (Å²) in [5, 5.41) is 10.7. The SMILES string of the molecule is CN(C)C(=O)c1nnc(CC2CCCCC2)c2cc(-c3ccc(Cl)cc3)sc12. The van der Waals surface area contributed by atoms with E-state index in [1.54, 1.807) is 30.3 Å². The molecule has 0 saturated heterocycles. The van der Waals surface area contributed by atoms with Crippen LogP contribution in [0.25, 0.3) is 20.5 Å². The second-order valence-electron chi connectivity index (χ2n) is 7.76. The highest BCUT2D eigenvalue weighted by Gasteiger charge is 2.23. The summed E-state index contributed by atoms with van der Waals surface area (Å²) in [6, 6.07) is 9.99. The molecule has 0 N–H and O–H groups in total. The maximum absolute atomic E-state index is 12.7. The fourth-order valence-corrected chi connectivity index (χ4v) is 5.20. The van der Waals surface area contributed by atoms with Crippen molar-refractivity contribution in [3.63, 3.8) is 0 Å². The van der Waals surface area contributed by atoms with E-state index >= 15 is 0 Å². The van der Waals surface area contributed by atoms with E-state index in [1.165, 1.54) is 32.1 Å². The first-order chi connectivity index (χ1) is 13.5. The van der Waals surface area contributed by atoms with Crippen LogP contribution in [0.1, 0.15) is 48.3 Å². The minimum atomic E-state index is -0.105. The highest BCUT2D eigenvalue weighted by Crippen LogP contribution is 2.38. The van der Waals surface area contributed by atoms with E-state index in [-0.39, 0.29) is 5.91 Å². The molecule has 1 saturated carbocycles. The predicted octanol–water partition coefficient (Wildman–Crippen LogP) is 5.84. The number of benzene rings is 1. The van der Waals surface area contributed by atoms with Crippen molar-refractivity contribution in [3.8, 4) is 10.4 Å². The third-order valence-corrected chi connectivity index (χ3v) is 6.92. The van der Waals surface area contributed by atoms with E-state index in [1.807, 2.05) is 24.3 Å². The summed E-state index contributed by atoms with van der Waals surface area (Å²) in [7, 11) is 3.50. The Balaban J connectivity index is 1.80. The third kappa shape index (κ3) is 3.91. The average Bonchev–Trinajstić information content (AvgIpc) is 3.15. The molecule has 4 nitrogen and oxygen atoms in total. The van der Waals surface area contributed by atoms with Crippen molar-refractivity contribution in [1.29, 1.82) is 0 Å². The van der Waals surface area contributed by atoms with E-state index in [0.717, 1.165) is 37.7 Å². The molecule has 3 aromatic rings. The maximum atomic E-state index is 12.7. The van der Waals surface area contributed by atoms with Crippen molar-refractivity contribution in [2.24, 2.45) is 5.92 Å². The molecule has 0 bridgehead atoms. The van der Waals surface area contributed by atoms with E-state index < -0.39 is 0 Å². The number of fused-ring (bicyclic) bond motifs is 1. The number of thiophene rings is 1. The largest absolute Gasteiger partial charge is 0.343 e. The zero-order valence-electron chi connectivity index (χ0n) is 16.2. The van der Waals surface area contributed by atoms with Gasteiger partial charge in [-0.1, -0.05) is 55.8 Å². The Morgan fingerprint density at radius 2 is 1.86 bits per heavy atom. The minimum absolute atomic E-state index is 0.105. The van der Waals surface area contributed by atoms with Crippen LogP contribution in [0.4, 0.5) is 0 Å². The molecule has 2 aromatic heterocycles. The van der Waals surface area contributed by atoms with Crippen LogP contribution in [0.15, 0.2) is 30.3 Å². The van der Waals surface area contributed by atoms with Gasteiger partial charge in [-0.2, -0.15) is 5.10 Å². The molecule has 0 atom stereocenters. The van der Waals surface area contributed by atoms with E-state index in [0.29, 0.717) is 11.6 Å². The number of rotatable bonds is 4. The molecule has 1 amide bonds. The average molecular weight is 414 g/mol. The van der Waals surface area contributed by atoms with Crippen LogP contribution in [0.2, 0.25) is 5.02 Å². The van der Waals surface area contributed by atoms with Crippen molar-refractivity contribution >= 4 is 38.9 Å². The molecule has 4 rings (SSSR count). The number of hydrogen-bond acceptors (Lipinski definition) is 4. The molecule has 1 aromatic carbocycles. The Morgan fingerprint density at radius 1 is 1.14 bits per heavy atom. The number of aromatic nitrogens is 2. The Hall–Kier alpha value is -1.98. The Bertz CT molecular complexity index is 991. The van der Waals surface area contributed by atoms with Gasteiger partial charge in [0.25, 0.3) is 5.91 Å². The first-order valence-electron chi connectivity index (χ1n) is 9.79. The lowest BCUT2D eigenvalue weighted by atomic mass is 9.85. The van der Waals surface area contributed by atoms with Gasteiger partial charge in [-0.25, -0.2) is 0 Å². The van der Waals surface area contributed by atoms with Crippen molar-refractivity contribution < 1.29 is 4.79 Å². The first kappa shape index (κ1) is 19.3. The summed E-state index contributed by atoms with van der Waals surface area (Å²) in [4.78, 5) is 15.3. The van der Waals surface area contributed by atoms with Gasteiger partial charge < -0.3 is 4.90 Å². The molecule has 0 radical (unpaired) electrons. The second-order valence-corrected chi connectivity index (χ2v) is 9.25. The van der Waals surface area contributed by atoms with Gasteiger partial charge in [-0.3, -0.25) is 4.79 Å². The molecule has 6 heteroatoms. The van der Waals surface area contributed by atoms with E-state index in [9.17, 15) is 4.79 Å². The number of nitrogens with zero attached hydrogens (tertiary/aromatic N) is 3. The lowest BCUT2D eigenvalue weighted by Gasteiger charge is -2.21. The Labute approximate surface area is 174 Å². The topological polar surface area (TPSA) is 46.1 Å². The maximum Gasteiger partial charge on any atom is 0.275 e. The molecule has 1 aliphatic carbocycles. The lowest BCUT2D eigenvalue weighted by Crippen LogP contribution is -2.23. The van der Waals surface area contributed by atoms with Crippen LogP contribution in [-0.2, 0) is 6.42 Å². The fourth-order valence-electron chi connectivity index (χ4n) is 3.91. The smallest absolute Gasteiger partial charge is 0.275 e. The predicted molar refractivity (Wildman–Crippen MR) is 116 cm³/mol. The van der Waals surface area contributed by atoms with E-state index in [4.69, 9.17) is 11.6 Å². The molecule has 0 aliphatic heterocycles. The van der Waals surface area contributed by atoms with Gasteiger partial charge in [-0.05, 0) is 36.1 Å². The molecular weight excluding hydrogens is 390 g/mol. The number of halogens is 1. The van der Waals surface area contributed by atoms with Crippen molar-refractivity contribution in [2.45, 2.75) is 38.5 Å². The van der Waals surface area contributed by atoms with Crippen molar-refractivity contribution in [2.75, 3.05) is 14.1 Å². The first-order valence-corrected chi connectivity index (χ1v) is 11.0. The number of amides is 1. The molecule has 0 spiro atoms. The van der Waals surface area contributed by atoms with E-state index in [2.05, 4.69) is 16.3 Å². The zero-order valence-corrected chi connectivity index (χ0v) is 17.8. The normalized spacial score (nSPS) is 15.1. The van der Waals surface area contributed by atoms with Gasteiger partial charge in [0, 0.05) is 29.4 Å². The van der Waals surface area contributed by atoms with Crippen molar-refractivity contribution in [1.82, 2.24) is 15.1 Å². The fraction of sp³-hybridized carbons (Fsp3) is 0.409.